The van der Waals surface area contributed by atoms with Crippen LogP contribution in [0, 0.1) is 5.92 Å². The van der Waals surface area contributed by atoms with E-state index in [-0.39, 0.29) is 18.1 Å². The molecule has 1 atom stereocenters. The second-order valence-electron chi connectivity index (χ2n) is 4.93. The highest BCUT2D eigenvalue weighted by atomic mass is 16.2. The topological polar surface area (TPSA) is 49.4 Å². The van der Waals surface area contributed by atoms with Crippen molar-refractivity contribution in [1.29, 1.82) is 0 Å². The molecule has 1 unspecified atom stereocenters. The van der Waals surface area contributed by atoms with Crippen LogP contribution < -0.4 is 5.32 Å². The van der Waals surface area contributed by atoms with Gasteiger partial charge in [-0.1, -0.05) is 0 Å². The fourth-order valence-electron chi connectivity index (χ4n) is 2.05. The Labute approximate surface area is 97.4 Å². The van der Waals surface area contributed by atoms with Crippen molar-refractivity contribution in [2.45, 2.75) is 39.7 Å². The molecule has 1 aliphatic heterocycles. The molecule has 0 saturated carbocycles. The summed E-state index contributed by atoms with van der Waals surface area (Å²) in [6, 6.07) is 0.581. The van der Waals surface area contributed by atoms with Gasteiger partial charge in [0.1, 0.15) is 5.78 Å². The van der Waals surface area contributed by atoms with E-state index in [1.807, 2.05) is 0 Å². The van der Waals surface area contributed by atoms with Gasteiger partial charge in [0, 0.05) is 19.1 Å². The van der Waals surface area contributed by atoms with Gasteiger partial charge < -0.3 is 10.2 Å². The molecule has 16 heavy (non-hydrogen) atoms. The lowest BCUT2D eigenvalue weighted by Gasteiger charge is -2.20. The van der Waals surface area contributed by atoms with Gasteiger partial charge in [-0.05, 0) is 39.7 Å². The van der Waals surface area contributed by atoms with E-state index in [0.29, 0.717) is 18.5 Å². The number of carbonyl (C=O) groups is 2. The highest BCUT2D eigenvalue weighted by molar-refractivity contribution is 5.96. The first kappa shape index (κ1) is 13.2. The molecule has 92 valence electrons. The minimum atomic E-state index is -0.143. The molecule has 1 fully saturated rings. The lowest BCUT2D eigenvalue weighted by atomic mass is 10.1. The lowest BCUT2D eigenvalue weighted by Crippen LogP contribution is -2.33. The predicted molar refractivity (Wildman–Crippen MR) is 63.1 cm³/mol. The van der Waals surface area contributed by atoms with Gasteiger partial charge in [0.05, 0.1) is 6.42 Å². The zero-order chi connectivity index (χ0) is 12.1. The van der Waals surface area contributed by atoms with E-state index in [0.717, 1.165) is 19.5 Å². The summed E-state index contributed by atoms with van der Waals surface area (Å²) in [5.41, 5.74) is 0. The molecule has 1 heterocycles. The van der Waals surface area contributed by atoms with E-state index in [1.54, 1.807) is 0 Å². The van der Waals surface area contributed by atoms with Crippen molar-refractivity contribution >= 4 is 11.7 Å². The Morgan fingerprint density at radius 3 is 2.62 bits per heavy atom. The Morgan fingerprint density at radius 1 is 1.44 bits per heavy atom. The van der Waals surface area contributed by atoms with Crippen molar-refractivity contribution < 1.29 is 9.59 Å². The van der Waals surface area contributed by atoms with Gasteiger partial charge in [-0.2, -0.15) is 0 Å². The van der Waals surface area contributed by atoms with E-state index in [4.69, 9.17) is 0 Å². The molecule has 0 aromatic rings. The second-order valence-corrected chi connectivity index (χ2v) is 4.93. The third-order valence-corrected chi connectivity index (χ3v) is 3.04. The van der Waals surface area contributed by atoms with Crippen LogP contribution in [0.2, 0.25) is 0 Å². The molecular formula is C12H22N2O2. The number of amides is 1. The summed E-state index contributed by atoms with van der Waals surface area (Å²) in [6.45, 7) is 8.70. The van der Waals surface area contributed by atoms with Crippen molar-refractivity contribution in [3.05, 3.63) is 0 Å². The molecule has 0 aromatic heterocycles. The molecule has 4 heteroatoms. The van der Waals surface area contributed by atoms with Crippen LogP contribution in [0.15, 0.2) is 0 Å². The molecule has 1 saturated heterocycles. The molecule has 0 spiro atoms. The van der Waals surface area contributed by atoms with E-state index >= 15 is 0 Å². The summed E-state index contributed by atoms with van der Waals surface area (Å²) < 4.78 is 0. The average Bonchev–Trinajstić information content (AvgIpc) is 2.61. The predicted octanol–water partition coefficient (Wildman–Crippen LogP) is 0.812. The summed E-state index contributed by atoms with van der Waals surface area (Å²) in [4.78, 5) is 24.4. The fraction of sp³-hybridized carbons (Fsp3) is 0.833. The molecule has 0 aromatic carbocycles. The highest BCUT2D eigenvalue weighted by Gasteiger charge is 2.24. The minimum absolute atomic E-state index is 0.0145. The standard InChI is InChI=1S/C12H22N2O2/c1-9(2)14-5-4-11(8-14)7-13-12(16)6-10(3)15/h9,11H,4-8H2,1-3H3,(H,13,16). The maximum Gasteiger partial charge on any atom is 0.227 e. The SMILES string of the molecule is CC(=O)CC(=O)NCC1CCN(C(C)C)C1. The Kier molecular flexibility index (Phi) is 4.93. The number of ketones is 1. The first-order chi connectivity index (χ1) is 7.49. The highest BCUT2D eigenvalue weighted by Crippen LogP contribution is 2.17. The van der Waals surface area contributed by atoms with E-state index in [9.17, 15) is 9.59 Å². The molecule has 1 aliphatic rings. The van der Waals surface area contributed by atoms with E-state index in [1.165, 1.54) is 6.92 Å². The molecule has 1 amide bonds. The second kappa shape index (κ2) is 5.99. The Hall–Kier alpha value is -0.900. The number of Topliss-reactive ketones (excluding diaryl/α,β-unsaturated/α-hetero) is 1. The van der Waals surface area contributed by atoms with Crippen LogP contribution in [0.4, 0.5) is 0 Å². The summed E-state index contributed by atoms with van der Waals surface area (Å²) in [6.07, 6.45) is 1.15. The summed E-state index contributed by atoms with van der Waals surface area (Å²) in [5.74, 6) is 0.321. The average molecular weight is 226 g/mol. The van der Waals surface area contributed by atoms with Crippen molar-refractivity contribution in [3.8, 4) is 0 Å². The number of carbonyl (C=O) groups excluding carboxylic acids is 2. The number of nitrogens with one attached hydrogen (secondary N) is 1. The number of rotatable bonds is 5. The van der Waals surface area contributed by atoms with Crippen LogP contribution in [0.5, 0.6) is 0 Å². The van der Waals surface area contributed by atoms with E-state index < -0.39 is 0 Å². The van der Waals surface area contributed by atoms with Gasteiger partial charge in [-0.15, -0.1) is 0 Å². The number of hydrogen-bond acceptors (Lipinski definition) is 3. The Bertz CT molecular complexity index is 264. The molecule has 1 rings (SSSR count). The molecule has 0 aliphatic carbocycles. The van der Waals surface area contributed by atoms with Crippen LogP contribution in [-0.4, -0.2) is 42.3 Å². The first-order valence-corrected chi connectivity index (χ1v) is 5.99. The summed E-state index contributed by atoms with van der Waals surface area (Å²) in [5, 5.41) is 2.83. The van der Waals surface area contributed by atoms with Crippen molar-refractivity contribution in [3.63, 3.8) is 0 Å². The van der Waals surface area contributed by atoms with Crippen LogP contribution in [0.1, 0.15) is 33.6 Å². The smallest absolute Gasteiger partial charge is 0.227 e. The molecule has 4 nitrogen and oxygen atoms in total. The normalized spacial score (nSPS) is 21.4. The third kappa shape index (κ3) is 4.31. The van der Waals surface area contributed by atoms with Crippen LogP contribution in [0.3, 0.4) is 0 Å². The Morgan fingerprint density at radius 2 is 2.12 bits per heavy atom. The van der Waals surface area contributed by atoms with Gasteiger partial charge in [0.2, 0.25) is 5.91 Å². The third-order valence-electron chi connectivity index (χ3n) is 3.04. The zero-order valence-corrected chi connectivity index (χ0v) is 10.5. The van der Waals surface area contributed by atoms with Crippen molar-refractivity contribution in [2.24, 2.45) is 5.92 Å². The van der Waals surface area contributed by atoms with Crippen molar-refractivity contribution in [2.75, 3.05) is 19.6 Å². The lowest BCUT2D eigenvalue weighted by molar-refractivity contribution is -0.127. The molecular weight excluding hydrogens is 204 g/mol. The largest absolute Gasteiger partial charge is 0.355 e. The first-order valence-electron chi connectivity index (χ1n) is 5.99. The zero-order valence-electron chi connectivity index (χ0n) is 10.5. The van der Waals surface area contributed by atoms with Gasteiger partial charge in [-0.25, -0.2) is 0 Å². The maximum absolute atomic E-state index is 11.3. The van der Waals surface area contributed by atoms with Crippen LogP contribution in [0.25, 0.3) is 0 Å². The minimum Gasteiger partial charge on any atom is -0.355 e. The van der Waals surface area contributed by atoms with Crippen molar-refractivity contribution in [1.82, 2.24) is 10.2 Å². The van der Waals surface area contributed by atoms with Crippen LogP contribution in [-0.2, 0) is 9.59 Å². The van der Waals surface area contributed by atoms with Gasteiger partial charge >= 0.3 is 0 Å². The molecule has 0 radical (unpaired) electrons. The van der Waals surface area contributed by atoms with Gasteiger partial charge in [-0.3, -0.25) is 9.59 Å². The van der Waals surface area contributed by atoms with E-state index in [2.05, 4.69) is 24.1 Å². The molecule has 1 N–H and O–H groups in total. The van der Waals surface area contributed by atoms with Gasteiger partial charge in [0.25, 0.3) is 0 Å². The fourth-order valence-corrected chi connectivity index (χ4v) is 2.05. The maximum atomic E-state index is 11.3. The summed E-state index contributed by atoms with van der Waals surface area (Å²) >= 11 is 0. The monoisotopic (exact) mass is 226 g/mol. The number of nitrogens with zero attached hydrogens (tertiary/aromatic N) is 1. The molecule has 0 bridgehead atoms. The number of hydrogen-bond donors (Lipinski definition) is 1. The number of likely N-dealkylation sites (tertiary alicyclic amines) is 1. The quantitative estimate of drug-likeness (QED) is 0.706. The van der Waals surface area contributed by atoms with Gasteiger partial charge in [0.15, 0.2) is 0 Å². The Balaban J connectivity index is 2.20. The van der Waals surface area contributed by atoms with Crippen LogP contribution >= 0.6 is 0 Å². The summed E-state index contributed by atoms with van der Waals surface area (Å²) in [7, 11) is 0.